The third kappa shape index (κ3) is 5.52. The highest BCUT2D eigenvalue weighted by Gasteiger charge is 2.22. The van der Waals surface area contributed by atoms with Crippen molar-refractivity contribution in [3.8, 4) is 0 Å². The molecule has 0 aliphatic rings. The van der Waals surface area contributed by atoms with Crippen LogP contribution in [0.5, 0.6) is 0 Å². The Balaban J connectivity index is 2.94. The molecule has 1 amide bonds. The van der Waals surface area contributed by atoms with Gasteiger partial charge >= 0.3 is 0 Å². The lowest BCUT2D eigenvalue weighted by Crippen LogP contribution is -2.38. The Morgan fingerprint density at radius 1 is 1.48 bits per heavy atom. The van der Waals surface area contributed by atoms with Crippen molar-refractivity contribution in [2.45, 2.75) is 38.5 Å². The Morgan fingerprint density at radius 2 is 2.19 bits per heavy atom. The molecule has 3 nitrogen and oxygen atoms in total. The molecule has 4 heteroatoms. The second kappa shape index (κ2) is 9.59. The van der Waals surface area contributed by atoms with E-state index in [0.29, 0.717) is 13.0 Å². The summed E-state index contributed by atoms with van der Waals surface area (Å²) < 4.78 is 5.62. The van der Waals surface area contributed by atoms with Crippen LogP contribution in [0.3, 0.4) is 0 Å². The van der Waals surface area contributed by atoms with Crippen molar-refractivity contribution in [3.05, 3.63) is 42.5 Å². The van der Waals surface area contributed by atoms with E-state index in [9.17, 15) is 4.79 Å². The lowest BCUT2D eigenvalue weighted by atomic mass is 10.1. The Kier molecular flexibility index (Phi) is 8.09. The summed E-state index contributed by atoms with van der Waals surface area (Å²) in [4.78, 5) is 14.0. The molecule has 0 aliphatic carbocycles. The van der Waals surface area contributed by atoms with E-state index in [0.717, 1.165) is 24.1 Å². The summed E-state index contributed by atoms with van der Waals surface area (Å²) in [5.41, 5.74) is 1.88. The number of hydrogen-bond acceptors (Lipinski definition) is 2. The molecular weight excluding hydrogens is 286 g/mol. The van der Waals surface area contributed by atoms with Crippen LogP contribution in [0.25, 0.3) is 0 Å². The minimum Gasteiger partial charge on any atom is -0.361 e. The lowest BCUT2D eigenvalue weighted by molar-refractivity contribution is -0.119. The van der Waals surface area contributed by atoms with Crippen molar-refractivity contribution in [3.63, 3.8) is 0 Å². The van der Waals surface area contributed by atoms with E-state index in [2.05, 4.69) is 13.5 Å². The standard InChI is InChI=1S/C17H24ClNO2/c1-4-6-12-21-13-19(17(20)14(3)18)16-11-8-7-10-15(16)9-5-2/h5,7-8,10-11,14H,2,4,6,9,12-13H2,1,3H3. The van der Waals surface area contributed by atoms with E-state index in [4.69, 9.17) is 16.3 Å². The quantitative estimate of drug-likeness (QED) is 0.297. The molecule has 116 valence electrons. The smallest absolute Gasteiger partial charge is 0.246 e. The molecule has 0 radical (unpaired) electrons. The predicted molar refractivity (Wildman–Crippen MR) is 88.9 cm³/mol. The van der Waals surface area contributed by atoms with Crippen LogP contribution in [-0.4, -0.2) is 24.6 Å². The lowest BCUT2D eigenvalue weighted by Gasteiger charge is -2.26. The Morgan fingerprint density at radius 3 is 2.81 bits per heavy atom. The van der Waals surface area contributed by atoms with Gasteiger partial charge < -0.3 is 4.74 Å². The monoisotopic (exact) mass is 309 g/mol. The van der Waals surface area contributed by atoms with Gasteiger partial charge in [0.15, 0.2) is 0 Å². The van der Waals surface area contributed by atoms with Gasteiger partial charge in [-0.2, -0.15) is 0 Å². The zero-order valence-corrected chi connectivity index (χ0v) is 13.6. The number of alkyl halides is 1. The molecule has 1 aromatic rings. The number of ether oxygens (including phenoxy) is 1. The number of rotatable bonds is 9. The van der Waals surface area contributed by atoms with Gasteiger partial charge in [0.25, 0.3) is 0 Å². The number of anilines is 1. The molecule has 1 atom stereocenters. The number of para-hydroxylation sites is 1. The van der Waals surface area contributed by atoms with Crippen molar-refractivity contribution in [1.29, 1.82) is 0 Å². The number of benzene rings is 1. The van der Waals surface area contributed by atoms with E-state index in [1.165, 1.54) is 0 Å². The molecule has 0 saturated carbocycles. The van der Waals surface area contributed by atoms with Crippen LogP contribution in [0.15, 0.2) is 36.9 Å². The van der Waals surface area contributed by atoms with E-state index in [-0.39, 0.29) is 12.6 Å². The van der Waals surface area contributed by atoms with Gasteiger partial charge in [-0.3, -0.25) is 9.69 Å². The van der Waals surface area contributed by atoms with E-state index in [1.807, 2.05) is 30.3 Å². The first-order valence-electron chi connectivity index (χ1n) is 7.33. The van der Waals surface area contributed by atoms with Crippen LogP contribution in [0.1, 0.15) is 32.3 Å². The fourth-order valence-electron chi connectivity index (χ4n) is 1.97. The van der Waals surface area contributed by atoms with Gasteiger partial charge in [0.05, 0.1) is 0 Å². The van der Waals surface area contributed by atoms with Crippen molar-refractivity contribution < 1.29 is 9.53 Å². The van der Waals surface area contributed by atoms with Crippen LogP contribution in [0.4, 0.5) is 5.69 Å². The van der Waals surface area contributed by atoms with Gasteiger partial charge in [-0.25, -0.2) is 0 Å². The molecule has 1 rings (SSSR count). The maximum absolute atomic E-state index is 12.4. The first kappa shape index (κ1) is 17.7. The van der Waals surface area contributed by atoms with Crippen LogP contribution in [0, 0.1) is 0 Å². The maximum Gasteiger partial charge on any atom is 0.246 e. The van der Waals surface area contributed by atoms with Gasteiger partial charge in [-0.1, -0.05) is 37.6 Å². The normalized spacial score (nSPS) is 12.0. The average Bonchev–Trinajstić information content (AvgIpc) is 2.48. The molecule has 0 bridgehead atoms. The Hall–Kier alpha value is -1.32. The molecule has 1 unspecified atom stereocenters. The predicted octanol–water partition coefficient (Wildman–Crippen LogP) is 4.15. The third-order valence-electron chi connectivity index (χ3n) is 3.12. The molecule has 0 aromatic heterocycles. The first-order chi connectivity index (χ1) is 10.1. The number of amides is 1. The van der Waals surface area contributed by atoms with Crippen molar-refractivity contribution in [2.24, 2.45) is 0 Å². The number of unbranched alkanes of at least 4 members (excludes halogenated alkanes) is 1. The molecule has 0 fully saturated rings. The molecule has 0 saturated heterocycles. The number of carbonyl (C=O) groups is 1. The second-order valence-electron chi connectivity index (χ2n) is 4.89. The maximum atomic E-state index is 12.4. The van der Waals surface area contributed by atoms with E-state index >= 15 is 0 Å². The summed E-state index contributed by atoms with van der Waals surface area (Å²) >= 11 is 5.98. The second-order valence-corrected chi connectivity index (χ2v) is 5.55. The fourth-order valence-corrected chi connectivity index (χ4v) is 2.09. The van der Waals surface area contributed by atoms with Crippen LogP contribution >= 0.6 is 11.6 Å². The van der Waals surface area contributed by atoms with Crippen LogP contribution in [-0.2, 0) is 16.0 Å². The zero-order valence-electron chi connectivity index (χ0n) is 12.8. The Bertz CT molecular complexity index is 460. The summed E-state index contributed by atoms with van der Waals surface area (Å²) in [6.07, 6.45) is 4.56. The number of nitrogens with zero attached hydrogens (tertiary/aromatic N) is 1. The van der Waals surface area contributed by atoms with Crippen LogP contribution in [0.2, 0.25) is 0 Å². The molecule has 0 heterocycles. The van der Waals surface area contributed by atoms with E-state index in [1.54, 1.807) is 11.8 Å². The Labute approximate surface area is 132 Å². The topological polar surface area (TPSA) is 29.5 Å². The highest BCUT2D eigenvalue weighted by molar-refractivity contribution is 6.32. The van der Waals surface area contributed by atoms with Gasteiger partial charge in [0, 0.05) is 12.3 Å². The zero-order chi connectivity index (χ0) is 15.7. The number of halogens is 1. The SMILES string of the molecule is C=CCc1ccccc1N(COCCCC)C(=O)C(C)Cl. The highest BCUT2D eigenvalue weighted by Crippen LogP contribution is 2.23. The summed E-state index contributed by atoms with van der Waals surface area (Å²) in [6.45, 7) is 8.41. The summed E-state index contributed by atoms with van der Waals surface area (Å²) in [5.74, 6) is -0.148. The summed E-state index contributed by atoms with van der Waals surface area (Å²) in [6, 6.07) is 7.77. The minimum absolute atomic E-state index is 0.148. The fraction of sp³-hybridized carbons (Fsp3) is 0.471. The van der Waals surface area contributed by atoms with Crippen molar-refractivity contribution >= 4 is 23.2 Å². The molecule has 0 N–H and O–H groups in total. The van der Waals surface area contributed by atoms with Crippen LogP contribution < -0.4 is 4.90 Å². The van der Waals surface area contributed by atoms with Crippen molar-refractivity contribution in [2.75, 3.05) is 18.2 Å². The molecule has 21 heavy (non-hydrogen) atoms. The van der Waals surface area contributed by atoms with Gasteiger partial charge in [0.1, 0.15) is 12.1 Å². The minimum atomic E-state index is -0.587. The summed E-state index contributed by atoms with van der Waals surface area (Å²) in [7, 11) is 0. The summed E-state index contributed by atoms with van der Waals surface area (Å²) in [5, 5.41) is -0.587. The molecular formula is C17H24ClNO2. The van der Waals surface area contributed by atoms with Crippen molar-refractivity contribution in [1.82, 2.24) is 0 Å². The van der Waals surface area contributed by atoms with Gasteiger partial charge in [-0.05, 0) is 31.4 Å². The third-order valence-corrected chi connectivity index (χ3v) is 3.30. The molecule has 0 spiro atoms. The number of carbonyl (C=O) groups excluding carboxylic acids is 1. The first-order valence-corrected chi connectivity index (χ1v) is 7.77. The highest BCUT2D eigenvalue weighted by atomic mass is 35.5. The molecule has 1 aromatic carbocycles. The average molecular weight is 310 g/mol. The van der Waals surface area contributed by atoms with E-state index < -0.39 is 5.38 Å². The van der Waals surface area contributed by atoms with Gasteiger partial charge in [-0.15, -0.1) is 18.2 Å². The number of allylic oxidation sites excluding steroid dienone is 1. The molecule has 0 aliphatic heterocycles. The number of hydrogen-bond donors (Lipinski definition) is 0. The largest absolute Gasteiger partial charge is 0.361 e. The van der Waals surface area contributed by atoms with Gasteiger partial charge in [0.2, 0.25) is 5.91 Å².